The SMILES string of the molecule is Cc1cc([N+](=O)[O-])c(NCCC(C)C)c([N+](=O)[O-])c1C. The number of nitrogens with zero attached hydrogens (tertiary/aromatic N) is 2. The Hall–Kier alpha value is -2.18. The maximum Gasteiger partial charge on any atom is 0.302 e. The van der Waals surface area contributed by atoms with Crippen LogP contribution in [0.3, 0.4) is 0 Å². The van der Waals surface area contributed by atoms with Gasteiger partial charge >= 0.3 is 5.69 Å². The summed E-state index contributed by atoms with van der Waals surface area (Å²) >= 11 is 0. The second-order valence-electron chi connectivity index (χ2n) is 5.18. The topological polar surface area (TPSA) is 98.3 Å². The fourth-order valence-electron chi connectivity index (χ4n) is 1.91. The van der Waals surface area contributed by atoms with E-state index in [1.165, 1.54) is 6.07 Å². The molecule has 0 saturated carbocycles. The number of benzene rings is 1. The first-order valence-corrected chi connectivity index (χ1v) is 6.42. The Morgan fingerprint density at radius 1 is 1.20 bits per heavy atom. The van der Waals surface area contributed by atoms with Gasteiger partial charge in [0.05, 0.1) is 9.85 Å². The van der Waals surface area contributed by atoms with Crippen molar-refractivity contribution in [2.45, 2.75) is 34.1 Å². The monoisotopic (exact) mass is 281 g/mol. The molecule has 7 heteroatoms. The van der Waals surface area contributed by atoms with Gasteiger partial charge in [-0.1, -0.05) is 13.8 Å². The van der Waals surface area contributed by atoms with Gasteiger partial charge in [0, 0.05) is 18.2 Å². The van der Waals surface area contributed by atoms with Crippen LogP contribution in [-0.2, 0) is 0 Å². The van der Waals surface area contributed by atoms with E-state index in [2.05, 4.69) is 5.32 Å². The molecule has 0 spiro atoms. The van der Waals surface area contributed by atoms with Crippen LogP contribution in [0.25, 0.3) is 0 Å². The molecule has 1 aromatic rings. The number of hydrogen-bond acceptors (Lipinski definition) is 5. The number of anilines is 1. The Bertz CT molecular complexity index is 541. The molecule has 0 aliphatic rings. The zero-order valence-corrected chi connectivity index (χ0v) is 12.1. The lowest BCUT2D eigenvalue weighted by molar-refractivity contribution is -0.392. The molecular weight excluding hydrogens is 262 g/mol. The van der Waals surface area contributed by atoms with E-state index in [1.807, 2.05) is 13.8 Å². The molecule has 7 nitrogen and oxygen atoms in total. The van der Waals surface area contributed by atoms with E-state index in [0.717, 1.165) is 6.42 Å². The molecule has 0 unspecified atom stereocenters. The molecule has 1 aromatic carbocycles. The Morgan fingerprint density at radius 3 is 2.25 bits per heavy atom. The summed E-state index contributed by atoms with van der Waals surface area (Å²) in [6.07, 6.45) is 0.779. The minimum absolute atomic E-state index is 0.00347. The molecule has 0 aliphatic heterocycles. The van der Waals surface area contributed by atoms with E-state index in [0.29, 0.717) is 23.6 Å². The highest BCUT2D eigenvalue weighted by molar-refractivity contribution is 5.77. The van der Waals surface area contributed by atoms with Crippen LogP contribution in [0.4, 0.5) is 17.1 Å². The van der Waals surface area contributed by atoms with Gasteiger partial charge in [0.25, 0.3) is 5.69 Å². The molecule has 0 amide bonds. The second-order valence-corrected chi connectivity index (χ2v) is 5.18. The molecule has 1 N–H and O–H groups in total. The van der Waals surface area contributed by atoms with E-state index in [4.69, 9.17) is 0 Å². The van der Waals surface area contributed by atoms with Gasteiger partial charge in [0.2, 0.25) is 0 Å². The predicted molar refractivity (Wildman–Crippen MR) is 77.2 cm³/mol. The lowest BCUT2D eigenvalue weighted by Gasteiger charge is -2.12. The lowest BCUT2D eigenvalue weighted by Crippen LogP contribution is -2.10. The molecule has 0 heterocycles. The van der Waals surface area contributed by atoms with Crippen LogP contribution in [0, 0.1) is 40.0 Å². The van der Waals surface area contributed by atoms with Crippen molar-refractivity contribution in [1.82, 2.24) is 0 Å². The van der Waals surface area contributed by atoms with E-state index in [9.17, 15) is 20.2 Å². The quantitative estimate of drug-likeness (QED) is 0.634. The first-order valence-electron chi connectivity index (χ1n) is 6.42. The Kier molecular flexibility index (Phi) is 5.01. The molecule has 0 atom stereocenters. The summed E-state index contributed by atoms with van der Waals surface area (Å²) in [5.41, 5.74) is 0.540. The molecule has 0 fully saturated rings. The highest BCUT2D eigenvalue weighted by atomic mass is 16.6. The number of nitrogens with one attached hydrogen (secondary N) is 1. The van der Waals surface area contributed by atoms with E-state index < -0.39 is 9.85 Å². The first-order chi connectivity index (χ1) is 9.25. The van der Waals surface area contributed by atoms with E-state index in [1.54, 1.807) is 13.8 Å². The molecule has 0 saturated heterocycles. The standard InChI is InChI=1S/C13H19N3O4/c1-8(2)5-6-14-12-11(15(17)18)7-9(3)10(4)13(12)16(19)20/h7-8,14H,5-6H2,1-4H3. The van der Waals surface area contributed by atoms with Crippen LogP contribution >= 0.6 is 0 Å². The van der Waals surface area contributed by atoms with Crippen molar-refractivity contribution in [1.29, 1.82) is 0 Å². The summed E-state index contributed by atoms with van der Waals surface area (Å²) in [6, 6.07) is 1.38. The summed E-state index contributed by atoms with van der Waals surface area (Å²) < 4.78 is 0. The molecule has 0 aliphatic carbocycles. The van der Waals surface area contributed by atoms with Gasteiger partial charge in [-0.2, -0.15) is 0 Å². The van der Waals surface area contributed by atoms with Gasteiger partial charge < -0.3 is 5.32 Å². The summed E-state index contributed by atoms with van der Waals surface area (Å²) in [7, 11) is 0. The Morgan fingerprint density at radius 2 is 1.80 bits per heavy atom. The number of rotatable bonds is 6. The van der Waals surface area contributed by atoms with Gasteiger partial charge in [-0.15, -0.1) is 0 Å². The maximum absolute atomic E-state index is 11.2. The molecule has 0 bridgehead atoms. The molecule has 0 radical (unpaired) electrons. The van der Waals surface area contributed by atoms with Gasteiger partial charge in [0.1, 0.15) is 0 Å². The third-order valence-corrected chi connectivity index (χ3v) is 3.20. The third kappa shape index (κ3) is 3.43. The van der Waals surface area contributed by atoms with Crippen molar-refractivity contribution in [2.75, 3.05) is 11.9 Å². The first kappa shape index (κ1) is 15.9. The highest BCUT2D eigenvalue weighted by Gasteiger charge is 2.28. The lowest BCUT2D eigenvalue weighted by atomic mass is 10.0. The van der Waals surface area contributed by atoms with Gasteiger partial charge in [0.15, 0.2) is 5.69 Å². The van der Waals surface area contributed by atoms with Crippen LogP contribution in [0.2, 0.25) is 0 Å². The summed E-state index contributed by atoms with van der Waals surface area (Å²) in [5.74, 6) is 0.409. The van der Waals surface area contributed by atoms with E-state index in [-0.39, 0.29) is 17.1 Å². The van der Waals surface area contributed by atoms with Gasteiger partial charge in [-0.05, 0) is 31.7 Å². The Balaban J connectivity index is 3.31. The second kappa shape index (κ2) is 6.31. The third-order valence-electron chi connectivity index (χ3n) is 3.20. The highest BCUT2D eigenvalue weighted by Crippen LogP contribution is 2.38. The van der Waals surface area contributed by atoms with Crippen LogP contribution in [-0.4, -0.2) is 16.4 Å². The number of nitro groups is 2. The summed E-state index contributed by atoms with van der Waals surface area (Å²) in [6.45, 7) is 7.73. The molecule has 1 rings (SSSR count). The van der Waals surface area contributed by atoms with Crippen LogP contribution in [0.1, 0.15) is 31.4 Å². The normalized spacial score (nSPS) is 10.7. The van der Waals surface area contributed by atoms with Crippen LogP contribution in [0.15, 0.2) is 6.07 Å². The van der Waals surface area contributed by atoms with Crippen molar-refractivity contribution in [3.05, 3.63) is 37.4 Å². The minimum atomic E-state index is -0.586. The van der Waals surface area contributed by atoms with Crippen molar-refractivity contribution in [2.24, 2.45) is 5.92 Å². The fraction of sp³-hybridized carbons (Fsp3) is 0.538. The Labute approximate surface area is 117 Å². The number of hydrogen-bond donors (Lipinski definition) is 1. The van der Waals surface area contributed by atoms with Crippen molar-refractivity contribution >= 4 is 17.1 Å². The van der Waals surface area contributed by atoms with Crippen molar-refractivity contribution < 1.29 is 9.85 Å². The largest absolute Gasteiger partial charge is 0.374 e. The van der Waals surface area contributed by atoms with Crippen molar-refractivity contribution in [3.8, 4) is 0 Å². The van der Waals surface area contributed by atoms with Gasteiger partial charge in [-0.25, -0.2) is 0 Å². The predicted octanol–water partition coefficient (Wildman–Crippen LogP) is 3.58. The molecule has 110 valence electrons. The smallest absolute Gasteiger partial charge is 0.302 e. The maximum atomic E-state index is 11.2. The summed E-state index contributed by atoms with van der Waals surface area (Å²) in [5, 5.41) is 25.2. The van der Waals surface area contributed by atoms with Crippen LogP contribution in [0.5, 0.6) is 0 Å². The van der Waals surface area contributed by atoms with Crippen LogP contribution < -0.4 is 5.32 Å². The van der Waals surface area contributed by atoms with Gasteiger partial charge in [-0.3, -0.25) is 20.2 Å². The molecular formula is C13H19N3O4. The zero-order chi connectivity index (χ0) is 15.4. The fourth-order valence-corrected chi connectivity index (χ4v) is 1.91. The van der Waals surface area contributed by atoms with Crippen molar-refractivity contribution in [3.63, 3.8) is 0 Å². The average molecular weight is 281 g/mol. The molecule has 0 aromatic heterocycles. The average Bonchev–Trinajstić information content (AvgIpc) is 2.32. The number of nitro benzene ring substituents is 2. The summed E-state index contributed by atoms with van der Waals surface area (Å²) in [4.78, 5) is 21.2. The number of aryl methyl sites for hydroxylation is 1. The van der Waals surface area contributed by atoms with E-state index >= 15 is 0 Å². The molecule has 20 heavy (non-hydrogen) atoms. The minimum Gasteiger partial charge on any atom is -0.374 e. The zero-order valence-electron chi connectivity index (χ0n) is 12.1.